The number of nitrogens with zero attached hydrogens (tertiary/aromatic N) is 1. The maximum absolute atomic E-state index is 12.8. The predicted molar refractivity (Wildman–Crippen MR) is 119 cm³/mol. The zero-order valence-corrected chi connectivity index (χ0v) is 19.4. The Kier molecular flexibility index (Phi) is 14.6. The van der Waals surface area contributed by atoms with E-state index in [0.717, 1.165) is 0 Å². The molecule has 0 aromatic rings. The van der Waals surface area contributed by atoms with Crippen molar-refractivity contribution in [2.24, 2.45) is 11.7 Å². The number of likely N-dealkylation sites (N-methyl/N-ethyl adjacent to an activating group) is 1. The fourth-order valence-corrected chi connectivity index (χ4v) is 2.76. The lowest BCUT2D eigenvalue weighted by Crippen LogP contribution is -2.55. The van der Waals surface area contributed by atoms with E-state index in [1.54, 1.807) is 20.9 Å². The van der Waals surface area contributed by atoms with Gasteiger partial charge in [0.25, 0.3) is 0 Å². The summed E-state index contributed by atoms with van der Waals surface area (Å²) < 4.78 is 0. The minimum absolute atomic E-state index is 0.0459. The van der Waals surface area contributed by atoms with Gasteiger partial charge < -0.3 is 37.0 Å². The maximum Gasteiger partial charge on any atom is 0.312 e. The van der Waals surface area contributed by atoms with E-state index in [4.69, 9.17) is 10.8 Å². The summed E-state index contributed by atoms with van der Waals surface area (Å²) in [5.41, 5.74) is 5.02. The van der Waals surface area contributed by atoms with E-state index in [2.05, 4.69) is 21.3 Å². The summed E-state index contributed by atoms with van der Waals surface area (Å²) in [5, 5.41) is 18.9. The number of urea groups is 1. The highest BCUT2D eigenvalue weighted by Gasteiger charge is 2.28. The molecule has 0 aromatic carbocycles. The van der Waals surface area contributed by atoms with E-state index in [0.29, 0.717) is 12.8 Å². The van der Waals surface area contributed by atoms with Crippen LogP contribution < -0.4 is 27.0 Å². The monoisotopic (exact) mass is 472 g/mol. The topological polar surface area (TPSA) is 200 Å². The van der Waals surface area contributed by atoms with Crippen molar-refractivity contribution in [1.29, 1.82) is 0 Å². The normalized spacial score (nSPS) is 12.2. The van der Waals surface area contributed by atoms with Crippen LogP contribution in [-0.4, -0.2) is 84.9 Å². The molecule has 0 aromatic heterocycles. The predicted octanol–water partition coefficient (Wildman–Crippen LogP) is -1.48. The molecule has 2 atom stereocenters. The van der Waals surface area contributed by atoms with E-state index in [1.165, 1.54) is 4.90 Å². The minimum Gasteiger partial charge on any atom is -0.481 e. The number of nitrogens with two attached hydrogens (primary N) is 1. The van der Waals surface area contributed by atoms with Crippen molar-refractivity contribution in [2.75, 3.05) is 26.7 Å². The van der Waals surface area contributed by atoms with Gasteiger partial charge in [0.05, 0.1) is 0 Å². The molecule has 13 heteroatoms. The van der Waals surface area contributed by atoms with Gasteiger partial charge in [0.15, 0.2) is 0 Å². The summed E-state index contributed by atoms with van der Waals surface area (Å²) >= 11 is 0. The zero-order valence-electron chi connectivity index (χ0n) is 19.4. The van der Waals surface area contributed by atoms with Crippen LogP contribution in [-0.2, 0) is 24.0 Å². The van der Waals surface area contributed by atoms with Gasteiger partial charge in [-0.2, -0.15) is 0 Å². The second-order valence-corrected chi connectivity index (χ2v) is 7.91. The number of carboxylic acids is 1. The number of carbonyl (C=O) groups is 6. The van der Waals surface area contributed by atoms with Gasteiger partial charge in [-0.15, -0.1) is 0 Å². The Labute approximate surface area is 193 Å². The SMILES string of the molecule is CC(C)C(NC(=O)CCCC(=O)O)C(=O)NC(CCCNC(N)=O)C(=O)NCCN(C)C=O. The summed E-state index contributed by atoms with van der Waals surface area (Å²) in [6.07, 6.45) is 1.10. The molecule has 0 aliphatic rings. The fraction of sp³-hybridized carbons (Fsp3) is 0.700. The Morgan fingerprint density at radius 2 is 1.64 bits per heavy atom. The number of hydrogen-bond acceptors (Lipinski definition) is 6. The van der Waals surface area contributed by atoms with Crippen molar-refractivity contribution in [3.63, 3.8) is 0 Å². The molecular weight excluding hydrogens is 436 g/mol. The van der Waals surface area contributed by atoms with Gasteiger partial charge in [-0.3, -0.25) is 24.0 Å². The van der Waals surface area contributed by atoms with Gasteiger partial charge in [-0.05, 0) is 25.2 Å². The average molecular weight is 473 g/mol. The van der Waals surface area contributed by atoms with Crippen LogP contribution in [0.4, 0.5) is 4.79 Å². The van der Waals surface area contributed by atoms with Crippen LogP contribution in [0.1, 0.15) is 46.0 Å². The third kappa shape index (κ3) is 14.3. The van der Waals surface area contributed by atoms with Crippen LogP contribution in [0.25, 0.3) is 0 Å². The fourth-order valence-electron chi connectivity index (χ4n) is 2.76. The average Bonchev–Trinajstić information content (AvgIpc) is 2.72. The van der Waals surface area contributed by atoms with E-state index in [9.17, 15) is 28.8 Å². The van der Waals surface area contributed by atoms with Gasteiger partial charge in [-0.25, -0.2) is 4.79 Å². The summed E-state index contributed by atoms with van der Waals surface area (Å²) in [6, 6.07) is -2.58. The van der Waals surface area contributed by atoms with Gasteiger partial charge in [-0.1, -0.05) is 13.8 Å². The molecule has 0 heterocycles. The van der Waals surface area contributed by atoms with Crippen molar-refractivity contribution >= 4 is 36.1 Å². The number of hydrogen-bond donors (Lipinski definition) is 6. The molecule has 0 spiro atoms. The standard InChI is InChI=1S/C20H36N6O7/c1-13(2)17(25-15(28)7-4-8-16(29)30)19(32)24-14(6-5-9-23-20(21)33)18(31)22-10-11-26(3)12-27/h12-14,17H,4-11H2,1-3H3,(H,22,31)(H,24,32)(H,25,28)(H,29,30)(H3,21,23,33). The second-order valence-electron chi connectivity index (χ2n) is 7.91. The molecule has 0 radical (unpaired) electrons. The Balaban J connectivity index is 5.06. The van der Waals surface area contributed by atoms with E-state index in [1.807, 2.05) is 0 Å². The highest BCUT2D eigenvalue weighted by molar-refractivity contribution is 5.92. The first-order chi connectivity index (χ1) is 15.5. The quantitative estimate of drug-likeness (QED) is 0.109. The first-order valence-corrected chi connectivity index (χ1v) is 10.8. The third-order valence-electron chi connectivity index (χ3n) is 4.61. The molecule has 2 unspecified atom stereocenters. The Hall–Kier alpha value is -3.38. The van der Waals surface area contributed by atoms with Crippen LogP contribution in [0.2, 0.25) is 0 Å². The highest BCUT2D eigenvalue weighted by Crippen LogP contribution is 2.06. The molecule has 6 amide bonds. The number of carbonyl (C=O) groups excluding carboxylic acids is 5. The number of carboxylic acid groups (broad SMARTS) is 1. The summed E-state index contributed by atoms with van der Waals surface area (Å²) in [5.74, 6) is -2.81. The first kappa shape index (κ1) is 29.6. The van der Waals surface area contributed by atoms with E-state index >= 15 is 0 Å². The molecule has 13 nitrogen and oxygen atoms in total. The maximum atomic E-state index is 12.8. The Bertz CT molecular complexity index is 686. The summed E-state index contributed by atoms with van der Waals surface area (Å²) in [6.45, 7) is 4.11. The molecule has 33 heavy (non-hydrogen) atoms. The second kappa shape index (κ2) is 16.3. The number of rotatable bonds is 17. The van der Waals surface area contributed by atoms with Crippen molar-refractivity contribution in [3.05, 3.63) is 0 Å². The summed E-state index contributed by atoms with van der Waals surface area (Å²) in [4.78, 5) is 71.0. The zero-order chi connectivity index (χ0) is 25.4. The lowest BCUT2D eigenvalue weighted by molar-refractivity contribution is -0.137. The van der Waals surface area contributed by atoms with Crippen molar-refractivity contribution in [3.8, 4) is 0 Å². The van der Waals surface area contributed by atoms with Crippen LogP contribution in [0.5, 0.6) is 0 Å². The molecule has 0 saturated heterocycles. The Morgan fingerprint density at radius 1 is 0.970 bits per heavy atom. The molecule has 7 N–H and O–H groups in total. The Morgan fingerprint density at radius 3 is 2.18 bits per heavy atom. The minimum atomic E-state index is -1.01. The third-order valence-corrected chi connectivity index (χ3v) is 4.61. The molecule has 0 aliphatic carbocycles. The van der Waals surface area contributed by atoms with Crippen molar-refractivity contribution in [1.82, 2.24) is 26.2 Å². The lowest BCUT2D eigenvalue weighted by Gasteiger charge is -2.25. The van der Waals surface area contributed by atoms with Crippen LogP contribution in [0, 0.1) is 5.92 Å². The lowest BCUT2D eigenvalue weighted by atomic mass is 10.0. The summed E-state index contributed by atoms with van der Waals surface area (Å²) in [7, 11) is 1.56. The number of amides is 6. The number of primary amides is 1. The van der Waals surface area contributed by atoms with Crippen LogP contribution in [0.15, 0.2) is 0 Å². The molecule has 0 bridgehead atoms. The largest absolute Gasteiger partial charge is 0.481 e. The van der Waals surface area contributed by atoms with E-state index < -0.39 is 41.8 Å². The molecular formula is C20H36N6O7. The van der Waals surface area contributed by atoms with Crippen LogP contribution >= 0.6 is 0 Å². The van der Waals surface area contributed by atoms with Gasteiger partial charge in [0.1, 0.15) is 12.1 Å². The molecule has 188 valence electrons. The first-order valence-electron chi connectivity index (χ1n) is 10.8. The van der Waals surface area contributed by atoms with Crippen molar-refractivity contribution in [2.45, 2.75) is 58.0 Å². The molecule has 0 saturated carbocycles. The van der Waals surface area contributed by atoms with Gasteiger partial charge in [0, 0.05) is 39.5 Å². The molecule has 0 aliphatic heterocycles. The van der Waals surface area contributed by atoms with Gasteiger partial charge in [0.2, 0.25) is 24.1 Å². The van der Waals surface area contributed by atoms with Crippen LogP contribution in [0.3, 0.4) is 0 Å². The smallest absolute Gasteiger partial charge is 0.312 e. The highest BCUT2D eigenvalue weighted by atomic mass is 16.4. The van der Waals surface area contributed by atoms with E-state index in [-0.39, 0.29) is 51.2 Å². The van der Waals surface area contributed by atoms with Crippen molar-refractivity contribution < 1.29 is 33.9 Å². The number of aliphatic carboxylic acids is 1. The van der Waals surface area contributed by atoms with Gasteiger partial charge >= 0.3 is 12.0 Å². The number of nitrogens with one attached hydrogen (secondary N) is 4. The molecule has 0 fully saturated rings. The molecule has 0 rings (SSSR count).